The first-order valence-electron chi connectivity index (χ1n) is 7.86. The van der Waals surface area contributed by atoms with Crippen molar-refractivity contribution in [2.24, 2.45) is 0 Å². The number of para-hydroxylation sites is 1. The van der Waals surface area contributed by atoms with Crippen LogP contribution in [-0.4, -0.2) is 48.0 Å². The van der Waals surface area contributed by atoms with Crippen LogP contribution in [0, 0.1) is 0 Å². The summed E-state index contributed by atoms with van der Waals surface area (Å²) in [5, 5.41) is 0. The van der Waals surface area contributed by atoms with Crippen molar-refractivity contribution in [1.82, 2.24) is 9.80 Å². The van der Waals surface area contributed by atoms with Crippen LogP contribution >= 0.6 is 0 Å². The molecule has 1 heterocycles. The standard InChI is InChI=1S/C17H25N3O2/c1-5-6-12-15-19(4)16(21)13(2)20(15)17(22)18(3)14-10-8-7-9-11-14/h7-11,13,15H,5-6,12H2,1-4H3/t13-,15?/m0/s1. The molecular formula is C17H25N3O2. The number of hydrogen-bond donors (Lipinski definition) is 0. The van der Waals surface area contributed by atoms with Crippen LogP contribution in [0.4, 0.5) is 10.5 Å². The number of urea groups is 1. The Balaban J connectivity index is 2.23. The number of hydrogen-bond acceptors (Lipinski definition) is 2. The minimum Gasteiger partial charge on any atom is -0.323 e. The van der Waals surface area contributed by atoms with E-state index in [1.54, 1.807) is 28.8 Å². The first kappa shape index (κ1) is 16.3. The van der Waals surface area contributed by atoms with Crippen molar-refractivity contribution in [2.45, 2.75) is 45.3 Å². The van der Waals surface area contributed by atoms with E-state index < -0.39 is 6.04 Å². The molecule has 0 N–H and O–H groups in total. The van der Waals surface area contributed by atoms with Gasteiger partial charge >= 0.3 is 6.03 Å². The van der Waals surface area contributed by atoms with Gasteiger partial charge in [-0.15, -0.1) is 0 Å². The van der Waals surface area contributed by atoms with Crippen molar-refractivity contribution >= 4 is 17.6 Å². The van der Waals surface area contributed by atoms with Crippen LogP contribution in [0.25, 0.3) is 0 Å². The number of rotatable bonds is 4. The Hall–Kier alpha value is -2.04. The van der Waals surface area contributed by atoms with Crippen LogP contribution in [0.2, 0.25) is 0 Å². The molecule has 0 aliphatic carbocycles. The number of likely N-dealkylation sites (N-methyl/N-ethyl adjacent to an activating group) is 1. The third-order valence-corrected chi connectivity index (χ3v) is 4.36. The number of benzene rings is 1. The van der Waals surface area contributed by atoms with Crippen molar-refractivity contribution in [2.75, 3.05) is 19.0 Å². The van der Waals surface area contributed by atoms with Crippen molar-refractivity contribution in [3.05, 3.63) is 30.3 Å². The zero-order chi connectivity index (χ0) is 16.3. The zero-order valence-electron chi connectivity index (χ0n) is 13.8. The molecule has 1 unspecified atom stereocenters. The highest BCUT2D eigenvalue weighted by Gasteiger charge is 2.44. The second-order valence-corrected chi connectivity index (χ2v) is 5.83. The summed E-state index contributed by atoms with van der Waals surface area (Å²) in [6, 6.07) is 8.97. The van der Waals surface area contributed by atoms with Gasteiger partial charge < -0.3 is 4.90 Å². The highest BCUT2D eigenvalue weighted by molar-refractivity contribution is 5.97. The lowest BCUT2D eigenvalue weighted by Crippen LogP contribution is -2.49. The molecule has 5 heteroatoms. The Kier molecular flexibility index (Phi) is 5.06. The molecule has 0 aromatic heterocycles. The van der Waals surface area contributed by atoms with Gasteiger partial charge in [0.2, 0.25) is 5.91 Å². The molecule has 0 spiro atoms. The molecule has 120 valence electrons. The van der Waals surface area contributed by atoms with Gasteiger partial charge in [0.1, 0.15) is 12.2 Å². The van der Waals surface area contributed by atoms with Crippen molar-refractivity contribution in [1.29, 1.82) is 0 Å². The minimum absolute atomic E-state index is 0.0101. The van der Waals surface area contributed by atoms with Crippen molar-refractivity contribution < 1.29 is 9.59 Å². The van der Waals surface area contributed by atoms with Gasteiger partial charge in [-0.05, 0) is 31.9 Å². The summed E-state index contributed by atoms with van der Waals surface area (Å²) < 4.78 is 0. The molecule has 0 saturated carbocycles. The number of amides is 3. The Labute approximate surface area is 132 Å². The first-order chi connectivity index (χ1) is 10.5. The fraction of sp³-hybridized carbons (Fsp3) is 0.529. The summed E-state index contributed by atoms with van der Waals surface area (Å²) in [4.78, 5) is 30.2. The van der Waals surface area contributed by atoms with E-state index in [-0.39, 0.29) is 18.1 Å². The average molecular weight is 303 g/mol. The molecular weight excluding hydrogens is 278 g/mol. The van der Waals surface area contributed by atoms with Gasteiger partial charge in [0, 0.05) is 19.8 Å². The Morgan fingerprint density at radius 2 is 1.91 bits per heavy atom. The van der Waals surface area contributed by atoms with Crippen molar-refractivity contribution in [3.8, 4) is 0 Å². The van der Waals surface area contributed by atoms with Gasteiger partial charge in [0.05, 0.1) is 0 Å². The van der Waals surface area contributed by atoms with Crippen LogP contribution in [0.15, 0.2) is 30.3 Å². The molecule has 0 radical (unpaired) electrons. The number of anilines is 1. The predicted octanol–water partition coefficient (Wildman–Crippen LogP) is 2.92. The maximum Gasteiger partial charge on any atom is 0.326 e. The van der Waals surface area contributed by atoms with E-state index in [0.29, 0.717) is 0 Å². The molecule has 2 rings (SSSR count). The van der Waals surface area contributed by atoms with Crippen molar-refractivity contribution in [3.63, 3.8) is 0 Å². The van der Waals surface area contributed by atoms with Gasteiger partial charge in [-0.2, -0.15) is 0 Å². The molecule has 1 aliphatic rings. The molecule has 3 amide bonds. The lowest BCUT2D eigenvalue weighted by molar-refractivity contribution is -0.128. The molecule has 1 aromatic carbocycles. The molecule has 5 nitrogen and oxygen atoms in total. The summed E-state index contributed by atoms with van der Waals surface area (Å²) in [6.45, 7) is 3.92. The van der Waals surface area contributed by atoms with E-state index >= 15 is 0 Å². The van der Waals surface area contributed by atoms with Crippen LogP contribution in [0.3, 0.4) is 0 Å². The summed E-state index contributed by atoms with van der Waals surface area (Å²) in [5.74, 6) is 0.0101. The quantitative estimate of drug-likeness (QED) is 0.858. The summed E-state index contributed by atoms with van der Waals surface area (Å²) in [6.07, 6.45) is 2.70. The summed E-state index contributed by atoms with van der Waals surface area (Å²) in [5.41, 5.74) is 0.830. The smallest absolute Gasteiger partial charge is 0.323 e. The molecule has 22 heavy (non-hydrogen) atoms. The number of carbonyl (C=O) groups is 2. The highest BCUT2D eigenvalue weighted by atomic mass is 16.2. The fourth-order valence-corrected chi connectivity index (χ4v) is 2.95. The third-order valence-electron chi connectivity index (χ3n) is 4.36. The average Bonchev–Trinajstić information content (AvgIpc) is 2.76. The van der Waals surface area contributed by atoms with E-state index in [2.05, 4.69) is 6.92 Å². The topological polar surface area (TPSA) is 43.9 Å². The Bertz CT molecular complexity index is 532. The zero-order valence-corrected chi connectivity index (χ0v) is 13.8. The molecule has 1 aromatic rings. The normalized spacial score (nSPS) is 21.4. The molecule has 1 saturated heterocycles. The second-order valence-electron chi connectivity index (χ2n) is 5.83. The van der Waals surface area contributed by atoms with Gasteiger partial charge in [0.25, 0.3) is 0 Å². The van der Waals surface area contributed by atoms with Crippen LogP contribution in [-0.2, 0) is 4.79 Å². The summed E-state index contributed by atoms with van der Waals surface area (Å²) >= 11 is 0. The highest BCUT2D eigenvalue weighted by Crippen LogP contribution is 2.27. The van der Waals surface area contributed by atoms with Crippen LogP contribution in [0.1, 0.15) is 33.1 Å². The predicted molar refractivity (Wildman–Crippen MR) is 87.6 cm³/mol. The van der Waals surface area contributed by atoms with E-state index in [0.717, 1.165) is 24.9 Å². The van der Waals surface area contributed by atoms with Crippen LogP contribution < -0.4 is 4.90 Å². The molecule has 1 aliphatic heterocycles. The maximum atomic E-state index is 12.9. The van der Waals surface area contributed by atoms with Crippen LogP contribution in [0.5, 0.6) is 0 Å². The molecule has 1 fully saturated rings. The SMILES string of the molecule is CCCCC1N(C)C(=O)[C@H](C)N1C(=O)N(C)c1ccccc1. The number of nitrogens with zero attached hydrogens (tertiary/aromatic N) is 3. The maximum absolute atomic E-state index is 12.9. The lowest BCUT2D eigenvalue weighted by Gasteiger charge is -2.32. The third kappa shape index (κ3) is 2.93. The second kappa shape index (κ2) is 6.81. The lowest BCUT2D eigenvalue weighted by atomic mass is 10.2. The summed E-state index contributed by atoms with van der Waals surface area (Å²) in [7, 11) is 3.54. The van der Waals surface area contributed by atoms with E-state index in [1.807, 2.05) is 37.3 Å². The van der Waals surface area contributed by atoms with Gasteiger partial charge in [-0.1, -0.05) is 31.5 Å². The number of carbonyl (C=O) groups excluding carboxylic acids is 2. The van der Waals surface area contributed by atoms with E-state index in [4.69, 9.17) is 0 Å². The molecule has 2 atom stereocenters. The van der Waals surface area contributed by atoms with Gasteiger partial charge in [-0.3, -0.25) is 14.6 Å². The molecule has 0 bridgehead atoms. The largest absolute Gasteiger partial charge is 0.326 e. The van der Waals surface area contributed by atoms with E-state index in [9.17, 15) is 9.59 Å². The Morgan fingerprint density at radius 1 is 1.27 bits per heavy atom. The monoisotopic (exact) mass is 303 g/mol. The first-order valence-corrected chi connectivity index (χ1v) is 7.86. The number of unbranched alkanes of at least 4 members (excludes halogenated alkanes) is 1. The minimum atomic E-state index is -0.412. The van der Waals surface area contributed by atoms with E-state index in [1.165, 1.54) is 0 Å². The van der Waals surface area contributed by atoms with Gasteiger partial charge in [0.15, 0.2) is 0 Å². The Morgan fingerprint density at radius 3 is 2.50 bits per heavy atom. The van der Waals surface area contributed by atoms with Gasteiger partial charge in [-0.25, -0.2) is 4.79 Å². The fourth-order valence-electron chi connectivity index (χ4n) is 2.95.